The van der Waals surface area contributed by atoms with Crippen molar-refractivity contribution >= 4 is 35.8 Å². The lowest BCUT2D eigenvalue weighted by molar-refractivity contribution is -0.118. The van der Waals surface area contributed by atoms with Gasteiger partial charge in [0.25, 0.3) is 0 Å². The van der Waals surface area contributed by atoms with Gasteiger partial charge in [0.1, 0.15) is 0 Å². The maximum absolute atomic E-state index is 12.2. The third-order valence-corrected chi connectivity index (χ3v) is 5.85. The van der Waals surface area contributed by atoms with Crippen molar-refractivity contribution in [3.05, 3.63) is 29.8 Å². The topological polar surface area (TPSA) is 64.4 Å². The van der Waals surface area contributed by atoms with Gasteiger partial charge in [-0.05, 0) is 36.5 Å². The van der Waals surface area contributed by atoms with Gasteiger partial charge < -0.3 is 15.8 Å². The Morgan fingerprint density at radius 1 is 1.42 bits per heavy atom. The van der Waals surface area contributed by atoms with E-state index in [0.29, 0.717) is 5.25 Å². The summed E-state index contributed by atoms with van der Waals surface area (Å²) < 4.78 is 5.39. The Labute approximate surface area is 155 Å². The number of nitrogens with one attached hydrogen (secondary N) is 1. The maximum atomic E-state index is 12.2. The van der Waals surface area contributed by atoms with E-state index < -0.39 is 6.04 Å². The number of nitrogens with two attached hydrogens (primary N) is 1. The molecule has 24 heavy (non-hydrogen) atoms. The van der Waals surface area contributed by atoms with Gasteiger partial charge in [0.05, 0.1) is 6.04 Å². The molecule has 1 aromatic carbocycles. The van der Waals surface area contributed by atoms with Crippen LogP contribution in [0.1, 0.15) is 38.7 Å². The number of halogens is 1. The van der Waals surface area contributed by atoms with Crippen LogP contribution in [0.2, 0.25) is 0 Å². The molecule has 0 spiro atoms. The molecule has 1 aliphatic rings. The predicted octanol–water partition coefficient (Wildman–Crippen LogP) is 3.83. The minimum atomic E-state index is -0.458. The van der Waals surface area contributed by atoms with Crippen molar-refractivity contribution in [2.45, 2.75) is 50.2 Å². The number of carbonyl (C=O) groups is 1. The number of benzene rings is 1. The number of thioether (sulfide) groups is 1. The van der Waals surface area contributed by atoms with Gasteiger partial charge in [-0.3, -0.25) is 4.79 Å². The number of anilines is 1. The average Bonchev–Trinajstić information content (AvgIpc) is 2.59. The summed E-state index contributed by atoms with van der Waals surface area (Å²) in [4.78, 5) is 12.2. The van der Waals surface area contributed by atoms with E-state index in [4.69, 9.17) is 10.5 Å². The quantitative estimate of drug-likeness (QED) is 0.763. The molecule has 1 heterocycles. The molecule has 136 valence electrons. The van der Waals surface area contributed by atoms with Crippen LogP contribution in [0.5, 0.6) is 0 Å². The maximum Gasteiger partial charge on any atom is 0.241 e. The SMILES string of the molecule is CCC(C)C(N)C(=O)Nc1cccc(CSC2CCOCC2)c1.Cl. The molecule has 1 aliphatic heterocycles. The lowest BCUT2D eigenvalue weighted by Crippen LogP contribution is -2.40. The summed E-state index contributed by atoms with van der Waals surface area (Å²) in [5, 5.41) is 3.62. The number of hydrogen-bond donors (Lipinski definition) is 2. The second-order valence-corrected chi connectivity index (χ2v) is 7.51. The van der Waals surface area contributed by atoms with Gasteiger partial charge in [-0.2, -0.15) is 11.8 Å². The zero-order valence-electron chi connectivity index (χ0n) is 14.5. The van der Waals surface area contributed by atoms with E-state index >= 15 is 0 Å². The fourth-order valence-corrected chi connectivity index (χ4v) is 3.67. The van der Waals surface area contributed by atoms with Gasteiger partial charge in [0.2, 0.25) is 5.91 Å². The number of hydrogen-bond acceptors (Lipinski definition) is 4. The summed E-state index contributed by atoms with van der Waals surface area (Å²) in [6.45, 7) is 5.81. The molecular weight excluding hydrogens is 344 g/mol. The summed E-state index contributed by atoms with van der Waals surface area (Å²) in [6.07, 6.45) is 3.16. The van der Waals surface area contributed by atoms with Crippen molar-refractivity contribution in [3.8, 4) is 0 Å². The first-order chi connectivity index (χ1) is 11.1. The van der Waals surface area contributed by atoms with Gasteiger partial charge in [0.15, 0.2) is 0 Å². The van der Waals surface area contributed by atoms with Crippen molar-refractivity contribution < 1.29 is 9.53 Å². The first-order valence-electron chi connectivity index (χ1n) is 8.45. The Bertz CT molecular complexity index is 510. The first kappa shape index (κ1) is 21.3. The van der Waals surface area contributed by atoms with E-state index in [1.165, 1.54) is 5.56 Å². The largest absolute Gasteiger partial charge is 0.381 e. The third kappa shape index (κ3) is 6.63. The van der Waals surface area contributed by atoms with Crippen LogP contribution in [0.4, 0.5) is 5.69 Å². The van der Waals surface area contributed by atoms with E-state index in [0.717, 1.165) is 43.9 Å². The van der Waals surface area contributed by atoms with E-state index in [-0.39, 0.29) is 24.2 Å². The zero-order valence-corrected chi connectivity index (χ0v) is 16.1. The second kappa shape index (κ2) is 11.0. The summed E-state index contributed by atoms with van der Waals surface area (Å²) in [6, 6.07) is 7.61. The Morgan fingerprint density at radius 2 is 2.12 bits per heavy atom. The van der Waals surface area contributed by atoms with Gasteiger partial charge in [-0.15, -0.1) is 12.4 Å². The minimum Gasteiger partial charge on any atom is -0.381 e. The van der Waals surface area contributed by atoms with Crippen molar-refractivity contribution in [3.63, 3.8) is 0 Å². The molecule has 0 saturated carbocycles. The molecule has 1 saturated heterocycles. The summed E-state index contributed by atoms with van der Waals surface area (Å²) in [5.74, 6) is 1.04. The van der Waals surface area contributed by atoms with Crippen molar-refractivity contribution in [2.75, 3.05) is 18.5 Å². The molecule has 1 fully saturated rings. The highest BCUT2D eigenvalue weighted by molar-refractivity contribution is 7.99. The van der Waals surface area contributed by atoms with Crippen molar-refractivity contribution in [1.29, 1.82) is 0 Å². The van der Waals surface area contributed by atoms with Crippen LogP contribution in [0, 0.1) is 5.92 Å². The van der Waals surface area contributed by atoms with Gasteiger partial charge in [-0.1, -0.05) is 32.4 Å². The van der Waals surface area contributed by atoms with Gasteiger partial charge in [0, 0.05) is 29.9 Å². The number of rotatable bonds is 7. The Kier molecular flexibility index (Phi) is 9.74. The van der Waals surface area contributed by atoms with Crippen LogP contribution in [-0.4, -0.2) is 30.4 Å². The van der Waals surface area contributed by atoms with Crippen LogP contribution in [0.3, 0.4) is 0 Å². The smallest absolute Gasteiger partial charge is 0.241 e. The molecule has 0 radical (unpaired) electrons. The molecule has 2 unspecified atom stereocenters. The van der Waals surface area contributed by atoms with Crippen molar-refractivity contribution in [2.24, 2.45) is 11.7 Å². The lowest BCUT2D eigenvalue weighted by atomic mass is 9.99. The van der Waals surface area contributed by atoms with E-state index in [2.05, 4.69) is 11.4 Å². The van der Waals surface area contributed by atoms with Gasteiger partial charge in [-0.25, -0.2) is 0 Å². The minimum absolute atomic E-state index is 0. The lowest BCUT2D eigenvalue weighted by Gasteiger charge is -2.21. The number of carbonyl (C=O) groups excluding carboxylic acids is 1. The molecule has 6 heteroatoms. The second-order valence-electron chi connectivity index (χ2n) is 6.22. The highest BCUT2D eigenvalue weighted by Gasteiger charge is 2.19. The van der Waals surface area contributed by atoms with Crippen LogP contribution in [0.25, 0.3) is 0 Å². The number of ether oxygens (including phenoxy) is 1. The molecule has 4 nitrogen and oxygen atoms in total. The average molecular weight is 373 g/mol. The molecule has 2 atom stereocenters. The molecule has 3 N–H and O–H groups in total. The third-order valence-electron chi connectivity index (χ3n) is 4.41. The van der Waals surface area contributed by atoms with E-state index in [1.54, 1.807) is 0 Å². The Morgan fingerprint density at radius 3 is 2.79 bits per heavy atom. The molecule has 2 rings (SSSR count). The monoisotopic (exact) mass is 372 g/mol. The fraction of sp³-hybridized carbons (Fsp3) is 0.611. The molecule has 1 aromatic rings. The van der Waals surface area contributed by atoms with Gasteiger partial charge >= 0.3 is 0 Å². The van der Waals surface area contributed by atoms with E-state index in [9.17, 15) is 4.79 Å². The van der Waals surface area contributed by atoms with Crippen molar-refractivity contribution in [1.82, 2.24) is 0 Å². The molecule has 0 aliphatic carbocycles. The highest BCUT2D eigenvalue weighted by atomic mass is 35.5. The van der Waals surface area contributed by atoms with Crippen LogP contribution in [-0.2, 0) is 15.3 Å². The van der Waals surface area contributed by atoms with Crippen LogP contribution >= 0.6 is 24.2 Å². The fourth-order valence-electron chi connectivity index (χ4n) is 2.53. The molecular formula is C18H29ClN2O2S. The molecule has 0 aromatic heterocycles. The van der Waals surface area contributed by atoms with Crippen LogP contribution < -0.4 is 11.1 Å². The first-order valence-corrected chi connectivity index (χ1v) is 9.49. The predicted molar refractivity (Wildman–Crippen MR) is 105 cm³/mol. The number of amides is 1. The Hall–Kier alpha value is -0.750. The summed E-state index contributed by atoms with van der Waals surface area (Å²) in [5.41, 5.74) is 8.05. The molecule has 0 bridgehead atoms. The summed E-state index contributed by atoms with van der Waals surface area (Å²) in [7, 11) is 0. The van der Waals surface area contributed by atoms with E-state index in [1.807, 2.05) is 43.8 Å². The van der Waals surface area contributed by atoms with Crippen LogP contribution in [0.15, 0.2) is 24.3 Å². The Balaban J connectivity index is 0.00000288. The highest BCUT2D eigenvalue weighted by Crippen LogP contribution is 2.26. The zero-order chi connectivity index (χ0) is 16.7. The normalized spacial score (nSPS) is 17.6. The standard InChI is InChI=1S/C18H28N2O2S.ClH/c1-3-13(2)17(19)18(21)20-15-6-4-5-14(11-15)12-23-16-7-9-22-10-8-16;/h4-6,11,13,16-17H,3,7-10,12,19H2,1-2H3,(H,20,21);1H. The summed E-state index contributed by atoms with van der Waals surface area (Å²) >= 11 is 1.98. The molecule has 1 amide bonds.